The summed E-state index contributed by atoms with van der Waals surface area (Å²) in [5.41, 5.74) is 5.52. The van der Waals surface area contributed by atoms with Gasteiger partial charge in [0.2, 0.25) is 10.0 Å². The van der Waals surface area contributed by atoms with E-state index in [-0.39, 0.29) is 13.2 Å². The average Bonchev–Trinajstić information content (AvgIpc) is 2.31. The maximum atomic E-state index is 12.3. The van der Waals surface area contributed by atoms with E-state index in [9.17, 15) is 8.42 Å². The van der Waals surface area contributed by atoms with E-state index < -0.39 is 15.3 Å². The van der Waals surface area contributed by atoms with Crippen molar-refractivity contribution in [1.82, 2.24) is 4.31 Å². The summed E-state index contributed by atoms with van der Waals surface area (Å²) in [6.07, 6.45) is 3.13. The Hall–Kier alpha value is -0.170. The third kappa shape index (κ3) is 3.64. The molecule has 0 spiro atoms. The van der Waals surface area contributed by atoms with E-state index in [1.54, 1.807) is 4.31 Å². The fourth-order valence-corrected chi connectivity index (χ4v) is 4.27. The topological polar surface area (TPSA) is 83.6 Å². The van der Waals surface area contributed by atoms with Crippen molar-refractivity contribution >= 4 is 10.0 Å². The van der Waals surface area contributed by atoms with Gasteiger partial charge in [0.15, 0.2) is 0 Å². The lowest BCUT2D eigenvalue weighted by Gasteiger charge is -2.33. The molecule has 17 heavy (non-hydrogen) atoms. The van der Waals surface area contributed by atoms with Gasteiger partial charge in [-0.05, 0) is 31.6 Å². The molecule has 2 atom stereocenters. The van der Waals surface area contributed by atoms with Crippen LogP contribution in [0.4, 0.5) is 0 Å². The first-order valence-electron chi connectivity index (χ1n) is 6.36. The molecule has 3 N–H and O–H groups in total. The number of hydrogen-bond acceptors (Lipinski definition) is 4. The SMILES string of the molecule is CCC(CN)S(=O)(=O)N1CCCC(CCO)C1. The van der Waals surface area contributed by atoms with Crippen LogP contribution in [-0.2, 0) is 10.0 Å². The van der Waals surface area contributed by atoms with Crippen molar-refractivity contribution in [1.29, 1.82) is 0 Å². The van der Waals surface area contributed by atoms with E-state index in [0.717, 1.165) is 12.8 Å². The van der Waals surface area contributed by atoms with Crippen LogP contribution in [0.15, 0.2) is 0 Å². The van der Waals surface area contributed by atoms with E-state index in [4.69, 9.17) is 10.8 Å². The molecule has 0 radical (unpaired) electrons. The fourth-order valence-electron chi connectivity index (χ4n) is 2.39. The second-order valence-electron chi connectivity index (χ2n) is 4.69. The fraction of sp³-hybridized carbons (Fsp3) is 1.00. The molecule has 0 bridgehead atoms. The van der Waals surface area contributed by atoms with Crippen molar-refractivity contribution in [2.24, 2.45) is 11.7 Å². The molecular weight excluding hydrogens is 240 g/mol. The van der Waals surface area contributed by atoms with Crippen molar-refractivity contribution in [3.05, 3.63) is 0 Å². The zero-order chi connectivity index (χ0) is 12.9. The van der Waals surface area contributed by atoms with Gasteiger partial charge in [-0.25, -0.2) is 12.7 Å². The largest absolute Gasteiger partial charge is 0.396 e. The van der Waals surface area contributed by atoms with Gasteiger partial charge in [-0.1, -0.05) is 6.92 Å². The molecule has 0 saturated carbocycles. The molecule has 1 rings (SSSR count). The van der Waals surface area contributed by atoms with E-state index >= 15 is 0 Å². The zero-order valence-corrected chi connectivity index (χ0v) is 11.3. The normalized spacial score (nSPS) is 24.8. The van der Waals surface area contributed by atoms with Gasteiger partial charge >= 0.3 is 0 Å². The summed E-state index contributed by atoms with van der Waals surface area (Å²) in [5.74, 6) is 0.291. The molecule has 102 valence electrons. The van der Waals surface area contributed by atoms with Crippen LogP contribution in [0.2, 0.25) is 0 Å². The highest BCUT2D eigenvalue weighted by Crippen LogP contribution is 2.23. The number of piperidine rings is 1. The Labute approximate surface area is 104 Å². The van der Waals surface area contributed by atoms with Crippen molar-refractivity contribution in [3.8, 4) is 0 Å². The van der Waals surface area contributed by atoms with Crippen LogP contribution in [0.25, 0.3) is 0 Å². The molecule has 1 fully saturated rings. The van der Waals surface area contributed by atoms with Crippen LogP contribution in [-0.4, -0.2) is 49.3 Å². The second kappa shape index (κ2) is 6.68. The Kier molecular flexibility index (Phi) is 5.85. The zero-order valence-electron chi connectivity index (χ0n) is 10.5. The van der Waals surface area contributed by atoms with Crippen molar-refractivity contribution < 1.29 is 13.5 Å². The van der Waals surface area contributed by atoms with Gasteiger partial charge in [0, 0.05) is 26.2 Å². The first kappa shape index (κ1) is 14.9. The number of aliphatic hydroxyl groups is 1. The first-order valence-corrected chi connectivity index (χ1v) is 7.86. The molecule has 0 aromatic rings. The molecule has 0 amide bonds. The molecule has 6 heteroatoms. The highest BCUT2D eigenvalue weighted by atomic mass is 32.2. The van der Waals surface area contributed by atoms with Gasteiger partial charge in [-0.15, -0.1) is 0 Å². The summed E-state index contributed by atoms with van der Waals surface area (Å²) in [6, 6.07) is 0. The highest BCUT2D eigenvalue weighted by molar-refractivity contribution is 7.89. The Balaban J connectivity index is 2.70. The van der Waals surface area contributed by atoms with Crippen molar-refractivity contribution in [2.45, 2.75) is 37.9 Å². The molecule has 0 aromatic carbocycles. The second-order valence-corrected chi connectivity index (χ2v) is 6.90. The summed E-state index contributed by atoms with van der Waals surface area (Å²) in [6.45, 7) is 3.30. The molecular formula is C11H24N2O3S. The van der Waals surface area contributed by atoms with E-state index in [1.807, 2.05) is 6.92 Å². The lowest BCUT2D eigenvalue weighted by Crippen LogP contribution is -2.46. The molecule has 5 nitrogen and oxygen atoms in total. The van der Waals surface area contributed by atoms with Gasteiger partial charge in [-0.3, -0.25) is 0 Å². The third-order valence-electron chi connectivity index (χ3n) is 3.52. The lowest BCUT2D eigenvalue weighted by atomic mass is 9.97. The first-order chi connectivity index (χ1) is 8.06. The van der Waals surface area contributed by atoms with Crippen LogP contribution < -0.4 is 5.73 Å². The highest BCUT2D eigenvalue weighted by Gasteiger charge is 2.33. The number of nitrogens with two attached hydrogens (primary N) is 1. The number of hydrogen-bond donors (Lipinski definition) is 2. The van der Waals surface area contributed by atoms with E-state index in [1.165, 1.54) is 0 Å². The van der Waals surface area contributed by atoms with Gasteiger partial charge in [0.1, 0.15) is 0 Å². The Morgan fingerprint density at radius 3 is 2.76 bits per heavy atom. The van der Waals surface area contributed by atoms with Crippen LogP contribution in [0.3, 0.4) is 0 Å². The molecule has 1 heterocycles. The van der Waals surface area contributed by atoms with Crippen LogP contribution >= 0.6 is 0 Å². The minimum atomic E-state index is -3.25. The minimum absolute atomic E-state index is 0.132. The summed E-state index contributed by atoms with van der Waals surface area (Å²) in [5, 5.41) is 8.46. The van der Waals surface area contributed by atoms with Crippen molar-refractivity contribution in [2.75, 3.05) is 26.2 Å². The van der Waals surface area contributed by atoms with Crippen LogP contribution in [0, 0.1) is 5.92 Å². The van der Waals surface area contributed by atoms with Crippen molar-refractivity contribution in [3.63, 3.8) is 0 Å². The summed E-state index contributed by atoms with van der Waals surface area (Å²) in [7, 11) is -3.25. The van der Waals surface area contributed by atoms with Gasteiger partial charge in [0.05, 0.1) is 5.25 Å². The smallest absolute Gasteiger partial charge is 0.218 e. The molecule has 0 aromatic heterocycles. The number of sulfonamides is 1. The maximum absolute atomic E-state index is 12.3. The molecule has 1 saturated heterocycles. The summed E-state index contributed by atoms with van der Waals surface area (Å²) in [4.78, 5) is 0. The number of rotatable bonds is 6. The Morgan fingerprint density at radius 1 is 1.53 bits per heavy atom. The summed E-state index contributed by atoms with van der Waals surface area (Å²) < 4.78 is 26.1. The monoisotopic (exact) mass is 264 g/mol. The predicted molar refractivity (Wildman–Crippen MR) is 68.1 cm³/mol. The van der Waals surface area contributed by atoms with Gasteiger partial charge in [-0.2, -0.15) is 0 Å². The van der Waals surface area contributed by atoms with E-state index in [2.05, 4.69) is 0 Å². The predicted octanol–water partition coefficient (Wildman–Crippen LogP) is 0.148. The lowest BCUT2D eigenvalue weighted by molar-refractivity contribution is 0.202. The molecule has 1 aliphatic rings. The third-order valence-corrected chi connectivity index (χ3v) is 5.94. The van der Waals surface area contributed by atoms with Gasteiger partial charge in [0.25, 0.3) is 0 Å². The molecule has 1 aliphatic heterocycles. The van der Waals surface area contributed by atoms with E-state index in [0.29, 0.717) is 31.8 Å². The number of nitrogens with zero attached hydrogens (tertiary/aromatic N) is 1. The summed E-state index contributed by atoms with van der Waals surface area (Å²) >= 11 is 0. The maximum Gasteiger partial charge on any atom is 0.218 e. The molecule has 2 unspecified atom stereocenters. The van der Waals surface area contributed by atoms with Crippen LogP contribution in [0.5, 0.6) is 0 Å². The number of aliphatic hydroxyl groups excluding tert-OH is 1. The molecule has 0 aliphatic carbocycles. The standard InChI is InChI=1S/C11H24N2O3S/c1-2-11(8-12)17(15,16)13-6-3-4-10(9-13)5-7-14/h10-11,14H,2-9,12H2,1H3. The van der Waals surface area contributed by atoms with Crippen LogP contribution in [0.1, 0.15) is 32.6 Å². The average molecular weight is 264 g/mol. The quantitative estimate of drug-likeness (QED) is 0.715. The minimum Gasteiger partial charge on any atom is -0.396 e. The Bertz CT molecular complexity index is 313. The van der Waals surface area contributed by atoms with Gasteiger partial charge < -0.3 is 10.8 Å². The Morgan fingerprint density at radius 2 is 2.24 bits per heavy atom.